The van der Waals surface area contributed by atoms with Crippen LogP contribution in [0.15, 0.2) is 60.2 Å². The van der Waals surface area contributed by atoms with Crippen molar-refractivity contribution >= 4 is 17.3 Å². The smallest absolute Gasteiger partial charge is 0.234 e. The molecule has 120 valence electrons. The number of hydrogen-bond acceptors (Lipinski definition) is 5. The van der Waals surface area contributed by atoms with Crippen LogP contribution in [0.4, 0.5) is 0 Å². The number of carbonyl (C=O) groups is 2. The van der Waals surface area contributed by atoms with E-state index in [-0.39, 0.29) is 22.5 Å². The molecule has 6 nitrogen and oxygen atoms in total. The molecule has 0 aromatic heterocycles. The molecule has 0 fully saturated rings. The fraction of sp³-hybridized carbons (Fsp3) is 0.111. The van der Waals surface area contributed by atoms with Crippen LogP contribution in [0, 0.1) is 10.1 Å². The first-order valence-corrected chi connectivity index (χ1v) is 7.29. The zero-order valence-corrected chi connectivity index (χ0v) is 12.5. The fourth-order valence-corrected chi connectivity index (χ4v) is 2.91. The van der Waals surface area contributed by atoms with Crippen molar-refractivity contribution in [1.29, 1.82) is 0 Å². The highest BCUT2D eigenvalue weighted by Crippen LogP contribution is 2.36. The van der Waals surface area contributed by atoms with E-state index in [2.05, 4.69) is 0 Å². The van der Waals surface area contributed by atoms with Crippen LogP contribution in [0.3, 0.4) is 0 Å². The summed E-state index contributed by atoms with van der Waals surface area (Å²) in [6.45, 7) is -0.593. The number of aliphatic hydroxyl groups excluding tert-OH is 1. The Morgan fingerprint density at radius 3 is 2.12 bits per heavy atom. The summed E-state index contributed by atoms with van der Waals surface area (Å²) >= 11 is 0. The van der Waals surface area contributed by atoms with Crippen molar-refractivity contribution in [2.24, 2.45) is 0 Å². The number of Topliss-reactive ketones (excluding diaryl/α,β-unsaturated/α-hetero) is 2. The first-order valence-electron chi connectivity index (χ1n) is 7.29. The van der Waals surface area contributed by atoms with Crippen LogP contribution in [-0.4, -0.2) is 28.1 Å². The second kappa shape index (κ2) is 6.08. The maximum atomic E-state index is 12.5. The van der Waals surface area contributed by atoms with Gasteiger partial charge in [-0.1, -0.05) is 54.6 Å². The Morgan fingerprint density at radius 1 is 0.917 bits per heavy atom. The van der Waals surface area contributed by atoms with Crippen LogP contribution in [0.5, 0.6) is 0 Å². The highest BCUT2D eigenvalue weighted by Gasteiger charge is 2.39. The largest absolute Gasteiger partial charge is 0.507 e. The minimum Gasteiger partial charge on any atom is -0.507 e. The van der Waals surface area contributed by atoms with Gasteiger partial charge in [0.1, 0.15) is 5.76 Å². The van der Waals surface area contributed by atoms with Gasteiger partial charge in [-0.05, 0) is 5.56 Å². The Hall–Kier alpha value is -3.28. The predicted molar refractivity (Wildman–Crippen MR) is 86.4 cm³/mol. The van der Waals surface area contributed by atoms with E-state index >= 15 is 0 Å². The number of carbonyl (C=O) groups excluding carboxylic acids is 2. The van der Waals surface area contributed by atoms with Crippen LogP contribution >= 0.6 is 0 Å². The van der Waals surface area contributed by atoms with Gasteiger partial charge in [-0.15, -0.1) is 0 Å². The highest BCUT2D eigenvalue weighted by molar-refractivity contribution is 6.52. The van der Waals surface area contributed by atoms with E-state index in [1.165, 1.54) is 12.1 Å². The van der Waals surface area contributed by atoms with Crippen LogP contribution in [0.2, 0.25) is 0 Å². The van der Waals surface area contributed by atoms with Gasteiger partial charge in [-0.2, -0.15) is 0 Å². The zero-order valence-electron chi connectivity index (χ0n) is 12.5. The van der Waals surface area contributed by atoms with Crippen LogP contribution < -0.4 is 0 Å². The lowest BCUT2D eigenvalue weighted by Crippen LogP contribution is -2.30. The quantitative estimate of drug-likeness (QED) is 0.530. The summed E-state index contributed by atoms with van der Waals surface area (Å²) in [5.74, 6) is -3.03. The van der Waals surface area contributed by atoms with Gasteiger partial charge < -0.3 is 5.11 Å². The first kappa shape index (κ1) is 15.6. The first-order chi connectivity index (χ1) is 11.5. The molecule has 0 aliphatic heterocycles. The highest BCUT2D eigenvalue weighted by atomic mass is 16.6. The van der Waals surface area contributed by atoms with Crippen molar-refractivity contribution in [3.8, 4) is 0 Å². The van der Waals surface area contributed by atoms with E-state index in [0.29, 0.717) is 5.56 Å². The molecule has 0 spiro atoms. The van der Waals surface area contributed by atoms with E-state index in [4.69, 9.17) is 0 Å². The normalized spacial score (nSPS) is 15.2. The zero-order chi connectivity index (χ0) is 17.3. The van der Waals surface area contributed by atoms with E-state index in [1.54, 1.807) is 42.5 Å². The third-order valence-electron chi connectivity index (χ3n) is 4.01. The van der Waals surface area contributed by atoms with Crippen LogP contribution in [0.25, 0.3) is 5.76 Å². The van der Waals surface area contributed by atoms with Crippen molar-refractivity contribution < 1.29 is 19.6 Å². The second-order valence-corrected chi connectivity index (χ2v) is 5.44. The molecule has 2 aromatic rings. The molecule has 24 heavy (non-hydrogen) atoms. The molecule has 1 aliphatic rings. The molecule has 0 saturated heterocycles. The Bertz CT molecular complexity index is 870. The Kier molecular flexibility index (Phi) is 3.95. The third-order valence-corrected chi connectivity index (χ3v) is 4.01. The number of nitrogens with zero attached hydrogens (tertiary/aromatic N) is 1. The summed E-state index contributed by atoms with van der Waals surface area (Å²) in [4.78, 5) is 35.3. The Labute approximate surface area is 137 Å². The van der Waals surface area contributed by atoms with Gasteiger partial charge in [-0.3, -0.25) is 19.7 Å². The number of rotatable bonds is 4. The molecule has 0 heterocycles. The van der Waals surface area contributed by atoms with Crippen LogP contribution in [-0.2, 0) is 4.79 Å². The lowest BCUT2D eigenvalue weighted by Gasteiger charge is -2.22. The molecule has 1 N–H and O–H groups in total. The molecule has 0 amide bonds. The summed E-state index contributed by atoms with van der Waals surface area (Å²) in [5.41, 5.74) is 0.607. The van der Waals surface area contributed by atoms with Gasteiger partial charge in [0.2, 0.25) is 18.1 Å². The molecule has 1 aliphatic carbocycles. The molecule has 6 heteroatoms. The Morgan fingerprint density at radius 2 is 1.50 bits per heavy atom. The number of benzene rings is 2. The van der Waals surface area contributed by atoms with Gasteiger partial charge in [-0.25, -0.2) is 0 Å². The molecule has 0 bridgehead atoms. The molecule has 1 atom stereocenters. The average Bonchev–Trinajstić information content (AvgIpc) is 2.59. The minimum absolute atomic E-state index is 0.108. The van der Waals surface area contributed by atoms with Crippen molar-refractivity contribution in [1.82, 2.24) is 0 Å². The predicted octanol–water partition coefficient (Wildman–Crippen LogP) is 2.78. The summed E-state index contributed by atoms with van der Waals surface area (Å²) < 4.78 is 0. The molecule has 2 aromatic carbocycles. The fourth-order valence-electron chi connectivity index (χ4n) is 2.91. The van der Waals surface area contributed by atoms with E-state index in [0.717, 1.165) is 0 Å². The lowest BCUT2D eigenvalue weighted by atomic mass is 9.79. The number of nitro groups is 1. The summed E-state index contributed by atoms with van der Waals surface area (Å²) in [6.07, 6.45) is 0. The maximum Gasteiger partial charge on any atom is 0.234 e. The summed E-state index contributed by atoms with van der Waals surface area (Å²) in [7, 11) is 0. The van der Waals surface area contributed by atoms with Crippen molar-refractivity contribution in [3.63, 3.8) is 0 Å². The van der Waals surface area contributed by atoms with Gasteiger partial charge in [0, 0.05) is 16.1 Å². The SMILES string of the molecule is O=C1C(=O)c2ccccc2C(O)=C1C(C[N+](=O)[O-])c1ccccc1. The molecular weight excluding hydrogens is 310 g/mol. The van der Waals surface area contributed by atoms with Gasteiger partial charge in [0.25, 0.3) is 0 Å². The number of ketones is 2. The van der Waals surface area contributed by atoms with E-state index < -0.39 is 29.0 Å². The lowest BCUT2D eigenvalue weighted by molar-refractivity contribution is -0.481. The van der Waals surface area contributed by atoms with Crippen molar-refractivity contribution in [3.05, 3.63) is 87.0 Å². The van der Waals surface area contributed by atoms with Gasteiger partial charge in [0.15, 0.2) is 0 Å². The number of fused-ring (bicyclic) bond motifs is 1. The summed E-state index contributed by atoms with van der Waals surface area (Å²) in [6, 6.07) is 14.6. The monoisotopic (exact) mass is 323 g/mol. The maximum absolute atomic E-state index is 12.5. The minimum atomic E-state index is -0.994. The molecule has 3 rings (SSSR count). The topological polar surface area (TPSA) is 97.5 Å². The molecule has 1 unspecified atom stereocenters. The average molecular weight is 323 g/mol. The van der Waals surface area contributed by atoms with Gasteiger partial charge in [0.05, 0.1) is 11.5 Å². The third kappa shape index (κ3) is 2.58. The Balaban J connectivity index is 2.21. The van der Waals surface area contributed by atoms with Crippen LogP contribution in [0.1, 0.15) is 27.4 Å². The van der Waals surface area contributed by atoms with E-state index in [9.17, 15) is 24.8 Å². The van der Waals surface area contributed by atoms with Crippen molar-refractivity contribution in [2.75, 3.05) is 6.54 Å². The number of aliphatic hydroxyl groups is 1. The van der Waals surface area contributed by atoms with E-state index in [1.807, 2.05) is 0 Å². The second-order valence-electron chi connectivity index (χ2n) is 5.44. The summed E-state index contributed by atoms with van der Waals surface area (Å²) in [5, 5.41) is 21.6. The van der Waals surface area contributed by atoms with Crippen molar-refractivity contribution in [2.45, 2.75) is 5.92 Å². The standard InChI is InChI=1S/C18H13NO5/c20-16-12-8-4-5-9-13(12)17(21)18(22)15(16)14(10-19(23)24)11-6-2-1-3-7-11/h1-9,14,20H,10H2. The molecular formula is C18H13NO5. The molecule has 0 saturated carbocycles. The van der Waals surface area contributed by atoms with Gasteiger partial charge >= 0.3 is 0 Å². The molecule has 0 radical (unpaired) electrons. The number of hydrogen-bond donors (Lipinski definition) is 1.